The first-order chi connectivity index (χ1) is 31.3. The summed E-state index contributed by atoms with van der Waals surface area (Å²) in [5.74, 6) is 0. The Kier molecular flexibility index (Phi) is 7.85. The molecule has 2 heteroatoms. The van der Waals surface area contributed by atoms with Crippen LogP contribution in [-0.4, -0.2) is 0 Å². The minimum Gasteiger partial charge on any atom is -0.455 e. The maximum atomic E-state index is 6.50. The summed E-state index contributed by atoms with van der Waals surface area (Å²) in [6.07, 6.45) is 0. The van der Waals surface area contributed by atoms with Crippen LogP contribution in [-0.2, 0) is 5.41 Å². The molecule has 0 bridgehead atoms. The van der Waals surface area contributed by atoms with E-state index < -0.39 is 5.41 Å². The molecule has 2 aliphatic carbocycles. The van der Waals surface area contributed by atoms with Gasteiger partial charge in [-0.05, 0) is 109 Å². The number of rotatable bonds is 6. The SMILES string of the molecule is c1ccc(-c2ccc(N(c3ccc(-c4cccc5c4oc4ccccc45)cc3)c3cccc4c3-c3ccccc3C43c4ccccc4-c4ccc(-c5ccccc5)cc43)cc2)cc1. The van der Waals surface area contributed by atoms with Gasteiger partial charge in [0.05, 0.1) is 11.1 Å². The van der Waals surface area contributed by atoms with Gasteiger partial charge in [-0.1, -0.05) is 194 Å². The molecule has 13 rings (SSSR count). The topological polar surface area (TPSA) is 16.4 Å². The van der Waals surface area contributed by atoms with E-state index in [1.165, 1.54) is 66.8 Å². The van der Waals surface area contributed by atoms with Crippen LogP contribution in [0.1, 0.15) is 22.3 Å². The van der Waals surface area contributed by atoms with E-state index in [1.807, 2.05) is 6.07 Å². The molecule has 0 aliphatic heterocycles. The Bertz CT molecular complexity index is 3550. The maximum Gasteiger partial charge on any atom is 0.143 e. The molecule has 0 N–H and O–H groups in total. The van der Waals surface area contributed by atoms with Crippen molar-refractivity contribution in [3.8, 4) is 55.6 Å². The molecular formula is C61H39NO. The van der Waals surface area contributed by atoms with Crippen molar-refractivity contribution in [3.63, 3.8) is 0 Å². The molecule has 11 aromatic rings. The second kappa shape index (κ2) is 13.9. The van der Waals surface area contributed by atoms with Crippen LogP contribution in [0.4, 0.5) is 17.1 Å². The summed E-state index contributed by atoms with van der Waals surface area (Å²) in [5, 5.41) is 2.27. The highest BCUT2D eigenvalue weighted by molar-refractivity contribution is 6.09. The first-order valence-electron chi connectivity index (χ1n) is 21.8. The molecule has 0 radical (unpaired) electrons. The second-order valence-electron chi connectivity index (χ2n) is 16.7. The second-order valence-corrected chi connectivity index (χ2v) is 16.7. The van der Waals surface area contributed by atoms with Crippen molar-refractivity contribution in [2.45, 2.75) is 5.41 Å². The lowest BCUT2D eigenvalue weighted by Gasteiger charge is -2.32. The number of hydrogen-bond donors (Lipinski definition) is 0. The summed E-state index contributed by atoms with van der Waals surface area (Å²) in [4.78, 5) is 2.46. The zero-order chi connectivity index (χ0) is 41.5. The van der Waals surface area contributed by atoms with Crippen molar-refractivity contribution in [1.82, 2.24) is 0 Å². The summed E-state index contributed by atoms with van der Waals surface area (Å²) in [6.45, 7) is 0. The average Bonchev–Trinajstić information content (AvgIpc) is 3.99. The summed E-state index contributed by atoms with van der Waals surface area (Å²) >= 11 is 0. The zero-order valence-corrected chi connectivity index (χ0v) is 34.4. The maximum absolute atomic E-state index is 6.50. The Morgan fingerprint density at radius 1 is 0.317 bits per heavy atom. The molecule has 1 spiro atoms. The van der Waals surface area contributed by atoms with Gasteiger partial charge in [-0.2, -0.15) is 0 Å². The van der Waals surface area contributed by atoms with E-state index in [4.69, 9.17) is 4.42 Å². The molecule has 0 fully saturated rings. The van der Waals surface area contributed by atoms with Crippen molar-refractivity contribution in [3.05, 3.63) is 259 Å². The fourth-order valence-electron chi connectivity index (χ4n) is 10.8. The molecule has 63 heavy (non-hydrogen) atoms. The van der Waals surface area contributed by atoms with Gasteiger partial charge in [0.1, 0.15) is 11.2 Å². The molecule has 2 nitrogen and oxygen atoms in total. The number of nitrogens with zero attached hydrogens (tertiary/aromatic N) is 1. The highest BCUT2D eigenvalue weighted by Gasteiger charge is 2.52. The van der Waals surface area contributed by atoms with Crippen LogP contribution in [0.3, 0.4) is 0 Å². The quantitative estimate of drug-likeness (QED) is 0.167. The third-order valence-corrected chi connectivity index (χ3v) is 13.5. The molecule has 2 aliphatic rings. The van der Waals surface area contributed by atoms with Gasteiger partial charge >= 0.3 is 0 Å². The van der Waals surface area contributed by atoms with E-state index in [1.54, 1.807) is 0 Å². The van der Waals surface area contributed by atoms with Crippen LogP contribution in [0.15, 0.2) is 241 Å². The first kappa shape index (κ1) is 35.5. The van der Waals surface area contributed by atoms with Crippen LogP contribution in [0.25, 0.3) is 77.6 Å². The number of furan rings is 1. The fourth-order valence-corrected chi connectivity index (χ4v) is 10.8. The van der Waals surface area contributed by atoms with Crippen LogP contribution in [0.2, 0.25) is 0 Å². The Balaban J connectivity index is 1.03. The molecule has 1 atom stereocenters. The Morgan fingerprint density at radius 2 is 0.825 bits per heavy atom. The molecule has 1 heterocycles. The zero-order valence-electron chi connectivity index (χ0n) is 34.4. The van der Waals surface area contributed by atoms with Gasteiger partial charge in [0.2, 0.25) is 0 Å². The molecule has 1 aromatic heterocycles. The van der Waals surface area contributed by atoms with Gasteiger partial charge < -0.3 is 9.32 Å². The van der Waals surface area contributed by atoms with E-state index in [0.717, 1.165) is 50.1 Å². The predicted molar refractivity (Wildman–Crippen MR) is 261 cm³/mol. The van der Waals surface area contributed by atoms with Crippen LogP contribution in [0.5, 0.6) is 0 Å². The van der Waals surface area contributed by atoms with Crippen molar-refractivity contribution >= 4 is 39.0 Å². The minimum atomic E-state index is -0.503. The Morgan fingerprint density at radius 3 is 1.57 bits per heavy atom. The molecule has 0 amide bonds. The monoisotopic (exact) mass is 801 g/mol. The predicted octanol–water partition coefficient (Wildman–Crippen LogP) is 16.4. The summed E-state index contributed by atoms with van der Waals surface area (Å²) in [6, 6.07) is 86.5. The smallest absolute Gasteiger partial charge is 0.143 e. The first-order valence-corrected chi connectivity index (χ1v) is 21.8. The van der Waals surface area contributed by atoms with Gasteiger partial charge in [-0.3, -0.25) is 0 Å². The van der Waals surface area contributed by atoms with Gasteiger partial charge in [-0.15, -0.1) is 0 Å². The molecule has 0 saturated heterocycles. The molecule has 0 saturated carbocycles. The normalized spacial score (nSPS) is 14.4. The highest BCUT2D eigenvalue weighted by Crippen LogP contribution is 2.65. The van der Waals surface area contributed by atoms with Crippen molar-refractivity contribution in [2.24, 2.45) is 0 Å². The number of fused-ring (bicyclic) bond motifs is 13. The lowest BCUT2D eigenvalue weighted by molar-refractivity contribution is 0.670. The van der Waals surface area contributed by atoms with Gasteiger partial charge in [0, 0.05) is 33.3 Å². The van der Waals surface area contributed by atoms with Gasteiger partial charge in [0.15, 0.2) is 0 Å². The van der Waals surface area contributed by atoms with Crippen molar-refractivity contribution < 1.29 is 4.42 Å². The number of para-hydroxylation sites is 2. The van der Waals surface area contributed by atoms with Crippen LogP contribution >= 0.6 is 0 Å². The highest BCUT2D eigenvalue weighted by atomic mass is 16.3. The van der Waals surface area contributed by atoms with E-state index in [9.17, 15) is 0 Å². The van der Waals surface area contributed by atoms with E-state index >= 15 is 0 Å². The van der Waals surface area contributed by atoms with E-state index in [-0.39, 0.29) is 0 Å². The molecule has 10 aromatic carbocycles. The fraction of sp³-hybridized carbons (Fsp3) is 0.0164. The number of anilines is 3. The molecule has 294 valence electrons. The third kappa shape index (κ3) is 5.25. The Hall–Kier alpha value is -8.20. The van der Waals surface area contributed by atoms with E-state index in [2.05, 4.69) is 235 Å². The summed E-state index contributed by atoms with van der Waals surface area (Å²) in [5.41, 5.74) is 22.0. The summed E-state index contributed by atoms with van der Waals surface area (Å²) < 4.78 is 6.50. The summed E-state index contributed by atoms with van der Waals surface area (Å²) in [7, 11) is 0. The van der Waals surface area contributed by atoms with Crippen molar-refractivity contribution in [2.75, 3.05) is 4.90 Å². The Labute approximate surface area is 366 Å². The van der Waals surface area contributed by atoms with Crippen LogP contribution < -0.4 is 4.90 Å². The number of hydrogen-bond acceptors (Lipinski definition) is 2. The molecular weight excluding hydrogens is 763 g/mol. The lowest BCUT2D eigenvalue weighted by atomic mass is 9.70. The number of benzene rings is 10. The van der Waals surface area contributed by atoms with E-state index in [0.29, 0.717) is 0 Å². The standard InChI is InChI=1S/C61H39NO/c1-3-15-40(16-4-1)42-29-34-45(35-30-42)62(46-36-31-43(32-37-46)47-22-13-23-51-50-20-9-12-28-58(50)63-60(47)51)57-27-14-26-55-59(57)52-21-8-11-25-54(52)61(55)53-24-10-7-19-48(53)49-38-33-44(39-56(49)61)41-17-5-2-6-18-41/h1-39H. The lowest BCUT2D eigenvalue weighted by Crippen LogP contribution is -2.26. The van der Waals surface area contributed by atoms with Crippen molar-refractivity contribution in [1.29, 1.82) is 0 Å². The third-order valence-electron chi connectivity index (χ3n) is 13.5. The average molecular weight is 802 g/mol. The van der Waals surface area contributed by atoms with Crippen LogP contribution in [0, 0.1) is 0 Å². The largest absolute Gasteiger partial charge is 0.455 e. The molecule has 1 unspecified atom stereocenters. The minimum absolute atomic E-state index is 0.503. The van der Waals surface area contributed by atoms with Gasteiger partial charge in [-0.25, -0.2) is 0 Å². The van der Waals surface area contributed by atoms with Gasteiger partial charge in [0.25, 0.3) is 0 Å².